The molecular weight excluding hydrogens is 210 g/mol. The molecule has 5 nitrogen and oxygen atoms in total. The van der Waals surface area contributed by atoms with Crippen molar-refractivity contribution in [2.24, 2.45) is 0 Å². The Bertz CT molecular complexity index is 418. The maximum absolute atomic E-state index is 10.5. The van der Waals surface area contributed by atoms with Gasteiger partial charge in [-0.15, -0.1) is 0 Å². The maximum atomic E-state index is 10.5. The first-order valence-electron chi connectivity index (χ1n) is 4.96. The van der Waals surface area contributed by atoms with Crippen LogP contribution >= 0.6 is 0 Å². The molecule has 1 amide bonds. The molecule has 0 heterocycles. The number of hydrogen-bond acceptors (Lipinski definition) is 3. The largest absolute Gasteiger partial charge is 0.497 e. The van der Waals surface area contributed by atoms with Gasteiger partial charge in [-0.25, -0.2) is 4.79 Å². The van der Waals surface area contributed by atoms with Crippen LogP contribution in [-0.4, -0.2) is 29.5 Å². The summed E-state index contributed by atoms with van der Waals surface area (Å²) in [6.45, 7) is 0. The number of aliphatic hydroxyl groups excluding tert-OH is 1. The van der Waals surface area contributed by atoms with E-state index in [4.69, 9.17) is 9.84 Å². The summed E-state index contributed by atoms with van der Waals surface area (Å²) < 4.78 is 5.07. The van der Waals surface area contributed by atoms with Crippen molar-refractivity contribution in [2.45, 2.75) is 18.6 Å². The van der Waals surface area contributed by atoms with Crippen LogP contribution in [0.5, 0.6) is 5.75 Å². The van der Waals surface area contributed by atoms with Gasteiger partial charge in [-0.05, 0) is 29.7 Å². The van der Waals surface area contributed by atoms with Gasteiger partial charge in [0.1, 0.15) is 5.75 Å². The van der Waals surface area contributed by atoms with E-state index < -0.39 is 18.2 Å². The number of aliphatic hydroxyl groups is 1. The van der Waals surface area contributed by atoms with Gasteiger partial charge in [0.15, 0.2) is 0 Å². The summed E-state index contributed by atoms with van der Waals surface area (Å²) in [6.07, 6.45) is -1.42. The maximum Gasteiger partial charge on any atom is 0.404 e. The predicted molar refractivity (Wildman–Crippen MR) is 56.6 cm³/mol. The molecule has 0 bridgehead atoms. The number of amides is 1. The van der Waals surface area contributed by atoms with E-state index in [1.165, 1.54) is 0 Å². The molecule has 0 spiro atoms. The Hall–Kier alpha value is -1.75. The second-order valence-electron chi connectivity index (χ2n) is 3.77. The monoisotopic (exact) mass is 223 g/mol. The fraction of sp³-hybridized carbons (Fsp3) is 0.364. The number of hydrogen-bond donors (Lipinski definition) is 3. The average Bonchev–Trinajstić information content (AvgIpc) is 2.54. The van der Waals surface area contributed by atoms with Crippen LogP contribution in [-0.2, 0) is 6.42 Å². The van der Waals surface area contributed by atoms with Crippen molar-refractivity contribution in [1.29, 1.82) is 0 Å². The lowest BCUT2D eigenvalue weighted by atomic mass is 10.1. The number of nitrogens with one attached hydrogen (secondary N) is 1. The fourth-order valence-corrected chi connectivity index (χ4v) is 2.03. The van der Waals surface area contributed by atoms with Gasteiger partial charge in [-0.2, -0.15) is 0 Å². The van der Waals surface area contributed by atoms with Crippen LogP contribution in [0.1, 0.15) is 17.2 Å². The number of carbonyl (C=O) groups is 1. The Balaban J connectivity index is 2.23. The van der Waals surface area contributed by atoms with Crippen LogP contribution < -0.4 is 10.1 Å². The van der Waals surface area contributed by atoms with Gasteiger partial charge in [0, 0.05) is 0 Å². The van der Waals surface area contributed by atoms with Gasteiger partial charge in [0.25, 0.3) is 0 Å². The molecule has 0 radical (unpaired) electrons. The van der Waals surface area contributed by atoms with Crippen molar-refractivity contribution < 1.29 is 19.7 Å². The molecule has 3 N–H and O–H groups in total. The van der Waals surface area contributed by atoms with E-state index >= 15 is 0 Å². The molecular formula is C11H13NO4. The van der Waals surface area contributed by atoms with E-state index in [2.05, 4.69) is 5.32 Å². The highest BCUT2D eigenvalue weighted by molar-refractivity contribution is 5.65. The summed E-state index contributed by atoms with van der Waals surface area (Å²) in [5.41, 5.74) is 1.69. The van der Waals surface area contributed by atoms with Gasteiger partial charge in [-0.3, -0.25) is 0 Å². The number of fused-ring (bicyclic) bond motifs is 1. The van der Waals surface area contributed by atoms with Crippen molar-refractivity contribution in [3.8, 4) is 5.75 Å². The Morgan fingerprint density at radius 3 is 2.94 bits per heavy atom. The first-order chi connectivity index (χ1) is 7.61. The van der Waals surface area contributed by atoms with Crippen LogP contribution in [0.15, 0.2) is 18.2 Å². The molecule has 2 atom stereocenters. The summed E-state index contributed by atoms with van der Waals surface area (Å²) in [6, 6.07) is 4.87. The first-order valence-corrected chi connectivity index (χ1v) is 4.96. The third kappa shape index (κ3) is 1.81. The summed E-state index contributed by atoms with van der Waals surface area (Å²) >= 11 is 0. The molecule has 16 heavy (non-hydrogen) atoms. The predicted octanol–water partition coefficient (Wildman–Crippen LogP) is 0.921. The number of carboxylic acid groups (broad SMARTS) is 1. The molecule has 0 saturated heterocycles. The lowest BCUT2D eigenvalue weighted by Gasteiger charge is -2.14. The normalized spacial score (nSPS) is 22.6. The van der Waals surface area contributed by atoms with Crippen molar-refractivity contribution in [3.05, 3.63) is 29.3 Å². The number of methoxy groups -OCH3 is 1. The topological polar surface area (TPSA) is 78.8 Å². The number of ether oxygens (including phenoxy) is 1. The molecule has 0 aromatic heterocycles. The highest BCUT2D eigenvalue weighted by atomic mass is 16.5. The Morgan fingerprint density at radius 2 is 2.31 bits per heavy atom. The second kappa shape index (κ2) is 4.02. The summed E-state index contributed by atoms with van der Waals surface area (Å²) in [5.74, 6) is 0.710. The molecule has 1 aromatic rings. The number of rotatable bonds is 2. The van der Waals surface area contributed by atoms with Gasteiger partial charge >= 0.3 is 6.09 Å². The SMILES string of the molecule is COc1ccc2c(c1)CC(NC(=O)O)C2O. The highest BCUT2D eigenvalue weighted by Gasteiger charge is 2.32. The van der Waals surface area contributed by atoms with Gasteiger partial charge in [-0.1, -0.05) is 6.07 Å². The standard InChI is InChI=1S/C11H13NO4/c1-16-7-2-3-8-6(4-7)5-9(10(8)13)12-11(14)15/h2-4,9-10,12-13H,5H2,1H3,(H,14,15). The zero-order valence-corrected chi connectivity index (χ0v) is 8.80. The Morgan fingerprint density at radius 1 is 1.56 bits per heavy atom. The smallest absolute Gasteiger partial charge is 0.404 e. The molecule has 1 aliphatic rings. The third-order valence-electron chi connectivity index (χ3n) is 2.80. The minimum Gasteiger partial charge on any atom is -0.497 e. The van der Waals surface area contributed by atoms with E-state index in [1.54, 1.807) is 19.2 Å². The van der Waals surface area contributed by atoms with E-state index in [0.29, 0.717) is 12.2 Å². The van der Waals surface area contributed by atoms with Crippen LogP contribution in [0.25, 0.3) is 0 Å². The molecule has 0 aliphatic heterocycles. The minimum atomic E-state index is -1.12. The van der Waals surface area contributed by atoms with Crippen molar-refractivity contribution in [1.82, 2.24) is 5.32 Å². The number of benzene rings is 1. The minimum absolute atomic E-state index is 0.473. The summed E-state index contributed by atoms with van der Waals surface area (Å²) in [5, 5.41) is 20.8. The van der Waals surface area contributed by atoms with E-state index in [1.807, 2.05) is 6.07 Å². The van der Waals surface area contributed by atoms with Gasteiger partial charge < -0.3 is 20.3 Å². The zero-order valence-electron chi connectivity index (χ0n) is 8.80. The van der Waals surface area contributed by atoms with Crippen molar-refractivity contribution in [2.75, 3.05) is 7.11 Å². The second-order valence-corrected chi connectivity index (χ2v) is 3.77. The van der Waals surface area contributed by atoms with Crippen LogP contribution in [0.3, 0.4) is 0 Å². The average molecular weight is 223 g/mol. The van der Waals surface area contributed by atoms with Crippen LogP contribution in [0.2, 0.25) is 0 Å². The molecule has 2 rings (SSSR count). The molecule has 0 saturated carbocycles. The van der Waals surface area contributed by atoms with Crippen molar-refractivity contribution >= 4 is 6.09 Å². The van der Waals surface area contributed by atoms with Gasteiger partial charge in [0.05, 0.1) is 19.3 Å². The lowest BCUT2D eigenvalue weighted by molar-refractivity contribution is 0.131. The summed E-state index contributed by atoms with van der Waals surface area (Å²) in [7, 11) is 1.57. The molecule has 5 heteroatoms. The van der Waals surface area contributed by atoms with E-state index in [9.17, 15) is 9.90 Å². The van der Waals surface area contributed by atoms with Gasteiger partial charge in [0.2, 0.25) is 0 Å². The van der Waals surface area contributed by atoms with Crippen LogP contribution in [0, 0.1) is 0 Å². The first kappa shape index (κ1) is 10.8. The van der Waals surface area contributed by atoms with Crippen LogP contribution in [0.4, 0.5) is 4.79 Å². The molecule has 1 aromatic carbocycles. The molecule has 0 fully saturated rings. The fourth-order valence-electron chi connectivity index (χ4n) is 2.03. The van der Waals surface area contributed by atoms with Crippen molar-refractivity contribution in [3.63, 3.8) is 0 Å². The quantitative estimate of drug-likeness (QED) is 0.696. The molecule has 86 valence electrons. The lowest BCUT2D eigenvalue weighted by Crippen LogP contribution is -2.36. The molecule has 1 aliphatic carbocycles. The Labute approximate surface area is 92.7 Å². The van der Waals surface area contributed by atoms with E-state index in [-0.39, 0.29) is 0 Å². The highest BCUT2D eigenvalue weighted by Crippen LogP contribution is 2.33. The third-order valence-corrected chi connectivity index (χ3v) is 2.80. The molecule has 2 unspecified atom stereocenters. The Kier molecular flexibility index (Phi) is 2.70. The summed E-state index contributed by atoms with van der Waals surface area (Å²) in [4.78, 5) is 10.5. The van der Waals surface area contributed by atoms with E-state index in [0.717, 1.165) is 11.1 Å². The zero-order chi connectivity index (χ0) is 11.7.